The molecule has 0 aliphatic rings. The third-order valence-corrected chi connectivity index (χ3v) is 3.95. The Morgan fingerprint density at radius 2 is 1.60 bits per heavy atom. The minimum atomic E-state index is -0.422. The molecule has 0 heterocycles. The molecule has 3 nitrogen and oxygen atoms in total. The number of carbonyl (C=O) groups is 1. The lowest BCUT2D eigenvalue weighted by molar-refractivity contribution is 0.102. The second-order valence-electron chi connectivity index (χ2n) is 5.93. The van der Waals surface area contributed by atoms with E-state index in [0.29, 0.717) is 11.4 Å². The normalized spacial score (nSPS) is 10.4. The molecule has 0 saturated heterocycles. The molecule has 0 unspecified atom stereocenters. The molecule has 0 atom stereocenters. The minimum absolute atomic E-state index is 0.283. The second kappa shape index (κ2) is 7.18. The molecule has 0 aliphatic carbocycles. The van der Waals surface area contributed by atoms with E-state index in [0.717, 1.165) is 11.1 Å². The number of carbonyl (C=O) groups excluding carboxylic acids is 1. The maximum absolute atomic E-state index is 14.1. The van der Waals surface area contributed by atoms with Crippen LogP contribution in [0.25, 0.3) is 11.1 Å². The summed E-state index contributed by atoms with van der Waals surface area (Å²) in [5.41, 5.74) is 3.34. The second-order valence-corrected chi connectivity index (χ2v) is 5.93. The van der Waals surface area contributed by atoms with Gasteiger partial charge in [0.05, 0.1) is 5.69 Å². The molecule has 1 amide bonds. The third-order valence-electron chi connectivity index (χ3n) is 3.95. The largest absolute Gasteiger partial charge is 0.375 e. The molecule has 0 spiro atoms. The van der Waals surface area contributed by atoms with Crippen LogP contribution in [0.1, 0.15) is 10.4 Å². The molecular weight excluding hydrogens is 315 g/mol. The Hall–Kier alpha value is -3.14. The van der Waals surface area contributed by atoms with Crippen molar-refractivity contribution in [2.24, 2.45) is 0 Å². The molecule has 1 N–H and O–H groups in total. The first-order chi connectivity index (χ1) is 12.1. The standard InChI is InChI=1S/C21H19FN2O/c1-24(2)20-13-12-16(14-18(20)22)21(25)23-19-11-7-6-10-17(19)15-8-4-3-5-9-15/h3-14H,1-2H3,(H,23,25). The van der Waals surface area contributed by atoms with Crippen LogP contribution in [0.2, 0.25) is 0 Å². The number of para-hydroxylation sites is 1. The molecule has 3 aromatic carbocycles. The first-order valence-electron chi connectivity index (χ1n) is 7.99. The van der Waals surface area contributed by atoms with Gasteiger partial charge in [-0.05, 0) is 29.8 Å². The Morgan fingerprint density at radius 3 is 2.28 bits per heavy atom. The van der Waals surface area contributed by atoms with Crippen LogP contribution < -0.4 is 10.2 Å². The summed E-state index contributed by atoms with van der Waals surface area (Å²) in [4.78, 5) is 14.2. The van der Waals surface area contributed by atoms with Crippen molar-refractivity contribution < 1.29 is 9.18 Å². The van der Waals surface area contributed by atoms with Crippen molar-refractivity contribution in [3.63, 3.8) is 0 Å². The van der Waals surface area contributed by atoms with E-state index in [1.54, 1.807) is 31.1 Å². The Labute approximate surface area is 146 Å². The minimum Gasteiger partial charge on any atom is -0.375 e. The highest BCUT2D eigenvalue weighted by Gasteiger charge is 2.13. The first kappa shape index (κ1) is 16.7. The quantitative estimate of drug-likeness (QED) is 0.742. The van der Waals surface area contributed by atoms with Crippen LogP contribution in [-0.4, -0.2) is 20.0 Å². The molecule has 0 fully saturated rings. The maximum atomic E-state index is 14.1. The van der Waals surface area contributed by atoms with Crippen molar-refractivity contribution in [2.75, 3.05) is 24.3 Å². The Bertz CT molecular complexity index is 891. The number of nitrogens with one attached hydrogen (secondary N) is 1. The number of nitrogens with zero attached hydrogens (tertiary/aromatic N) is 1. The molecule has 126 valence electrons. The lowest BCUT2D eigenvalue weighted by Gasteiger charge is -2.15. The van der Waals surface area contributed by atoms with Crippen LogP contribution in [0.3, 0.4) is 0 Å². The predicted octanol–water partition coefficient (Wildman–Crippen LogP) is 4.81. The molecule has 3 rings (SSSR count). The van der Waals surface area contributed by atoms with Gasteiger partial charge in [-0.15, -0.1) is 0 Å². The van der Waals surface area contributed by atoms with Gasteiger partial charge in [-0.3, -0.25) is 4.79 Å². The van der Waals surface area contributed by atoms with Crippen molar-refractivity contribution in [3.8, 4) is 11.1 Å². The van der Waals surface area contributed by atoms with E-state index >= 15 is 0 Å². The maximum Gasteiger partial charge on any atom is 0.255 e. The highest BCUT2D eigenvalue weighted by Crippen LogP contribution is 2.28. The number of rotatable bonds is 4. The van der Waals surface area contributed by atoms with Gasteiger partial charge >= 0.3 is 0 Å². The molecule has 0 aliphatic heterocycles. The van der Waals surface area contributed by atoms with Crippen LogP contribution in [0, 0.1) is 5.82 Å². The summed E-state index contributed by atoms with van der Waals surface area (Å²) in [5.74, 6) is -0.762. The van der Waals surface area contributed by atoms with E-state index in [2.05, 4.69) is 5.32 Å². The average molecular weight is 334 g/mol. The molecular formula is C21H19FN2O. The molecule has 25 heavy (non-hydrogen) atoms. The zero-order chi connectivity index (χ0) is 17.8. The zero-order valence-electron chi connectivity index (χ0n) is 14.2. The summed E-state index contributed by atoms with van der Waals surface area (Å²) in [6, 6.07) is 21.9. The van der Waals surface area contributed by atoms with Crippen molar-refractivity contribution >= 4 is 17.3 Å². The van der Waals surface area contributed by atoms with Crippen LogP contribution in [-0.2, 0) is 0 Å². The van der Waals surface area contributed by atoms with E-state index in [4.69, 9.17) is 0 Å². The molecule has 0 saturated carbocycles. The van der Waals surface area contributed by atoms with Gasteiger partial charge in [0.2, 0.25) is 0 Å². The van der Waals surface area contributed by atoms with Crippen LogP contribution in [0.4, 0.5) is 15.8 Å². The first-order valence-corrected chi connectivity index (χ1v) is 7.99. The monoisotopic (exact) mass is 334 g/mol. The molecule has 0 aromatic heterocycles. The fraction of sp³-hybridized carbons (Fsp3) is 0.0952. The molecule has 4 heteroatoms. The zero-order valence-corrected chi connectivity index (χ0v) is 14.2. The Morgan fingerprint density at radius 1 is 0.920 bits per heavy atom. The van der Waals surface area contributed by atoms with Gasteiger partial charge in [0, 0.05) is 30.9 Å². The Kier molecular flexibility index (Phi) is 4.80. The summed E-state index contributed by atoms with van der Waals surface area (Å²) >= 11 is 0. The van der Waals surface area contributed by atoms with Crippen molar-refractivity contribution in [1.29, 1.82) is 0 Å². The number of hydrogen-bond acceptors (Lipinski definition) is 2. The van der Waals surface area contributed by atoms with E-state index in [1.165, 1.54) is 6.07 Å². The summed E-state index contributed by atoms with van der Waals surface area (Å²) in [6.07, 6.45) is 0. The Balaban J connectivity index is 1.88. The molecule has 0 radical (unpaired) electrons. The fourth-order valence-electron chi connectivity index (χ4n) is 2.67. The number of benzene rings is 3. The smallest absolute Gasteiger partial charge is 0.255 e. The van der Waals surface area contributed by atoms with E-state index in [-0.39, 0.29) is 11.5 Å². The van der Waals surface area contributed by atoms with E-state index in [9.17, 15) is 9.18 Å². The number of amides is 1. The van der Waals surface area contributed by atoms with E-state index < -0.39 is 5.82 Å². The fourth-order valence-corrected chi connectivity index (χ4v) is 2.67. The lowest BCUT2D eigenvalue weighted by atomic mass is 10.0. The van der Waals surface area contributed by atoms with Gasteiger partial charge in [-0.1, -0.05) is 48.5 Å². The van der Waals surface area contributed by atoms with Crippen molar-refractivity contribution in [3.05, 3.63) is 84.2 Å². The van der Waals surface area contributed by atoms with Crippen LogP contribution >= 0.6 is 0 Å². The summed E-state index contributed by atoms with van der Waals surface area (Å²) in [5, 5.41) is 2.88. The highest BCUT2D eigenvalue weighted by atomic mass is 19.1. The van der Waals surface area contributed by atoms with E-state index in [1.807, 2.05) is 54.6 Å². The van der Waals surface area contributed by atoms with Gasteiger partial charge < -0.3 is 10.2 Å². The van der Waals surface area contributed by atoms with Crippen molar-refractivity contribution in [2.45, 2.75) is 0 Å². The van der Waals surface area contributed by atoms with Gasteiger partial charge in [0.15, 0.2) is 0 Å². The SMILES string of the molecule is CN(C)c1ccc(C(=O)Nc2ccccc2-c2ccccc2)cc1F. The van der Waals surface area contributed by atoms with Gasteiger partial charge in [0.25, 0.3) is 5.91 Å². The summed E-state index contributed by atoms with van der Waals surface area (Å²) in [6.45, 7) is 0. The van der Waals surface area contributed by atoms with Crippen LogP contribution in [0.5, 0.6) is 0 Å². The third kappa shape index (κ3) is 3.69. The highest BCUT2D eigenvalue weighted by molar-refractivity contribution is 6.06. The van der Waals surface area contributed by atoms with Gasteiger partial charge in [-0.25, -0.2) is 4.39 Å². The molecule has 3 aromatic rings. The number of halogens is 1. The van der Waals surface area contributed by atoms with Crippen LogP contribution in [0.15, 0.2) is 72.8 Å². The number of hydrogen-bond donors (Lipinski definition) is 1. The number of anilines is 2. The topological polar surface area (TPSA) is 32.3 Å². The summed E-state index contributed by atoms with van der Waals surface area (Å²) in [7, 11) is 3.52. The van der Waals surface area contributed by atoms with Crippen molar-refractivity contribution in [1.82, 2.24) is 0 Å². The van der Waals surface area contributed by atoms with Gasteiger partial charge in [-0.2, -0.15) is 0 Å². The molecule has 0 bridgehead atoms. The predicted molar refractivity (Wildman–Crippen MR) is 101 cm³/mol. The lowest BCUT2D eigenvalue weighted by Crippen LogP contribution is -2.15. The average Bonchev–Trinajstić information content (AvgIpc) is 2.62. The summed E-state index contributed by atoms with van der Waals surface area (Å²) < 4.78 is 14.1. The van der Waals surface area contributed by atoms with Gasteiger partial charge in [0.1, 0.15) is 5.82 Å².